The summed E-state index contributed by atoms with van der Waals surface area (Å²) in [6.45, 7) is 2.97. The molecule has 0 spiro atoms. The van der Waals surface area contributed by atoms with Gasteiger partial charge < -0.3 is 15.8 Å². The number of aliphatic imine (C=N–C) groups is 1. The highest BCUT2D eigenvalue weighted by Crippen LogP contribution is 2.17. The van der Waals surface area contributed by atoms with Gasteiger partial charge in [-0.25, -0.2) is 0 Å². The van der Waals surface area contributed by atoms with Gasteiger partial charge in [0.2, 0.25) is 0 Å². The van der Waals surface area contributed by atoms with Crippen molar-refractivity contribution >= 4 is 5.96 Å². The summed E-state index contributed by atoms with van der Waals surface area (Å²) >= 11 is 0. The number of hydrogen-bond donors (Lipinski definition) is 2. The summed E-state index contributed by atoms with van der Waals surface area (Å²) in [6.07, 6.45) is 7.41. The van der Waals surface area contributed by atoms with Crippen LogP contribution in [0.4, 0.5) is 0 Å². The Morgan fingerprint density at radius 3 is 2.59 bits per heavy atom. The lowest BCUT2D eigenvalue weighted by Gasteiger charge is -2.23. The van der Waals surface area contributed by atoms with Crippen molar-refractivity contribution in [3.63, 3.8) is 0 Å². The lowest BCUT2D eigenvalue weighted by molar-refractivity contribution is 0.412. The molecule has 0 heterocycles. The molecule has 1 aliphatic rings. The molecule has 1 atom stereocenters. The first-order valence-electron chi connectivity index (χ1n) is 8.36. The topological polar surface area (TPSA) is 59.6 Å². The first-order chi connectivity index (χ1) is 10.7. The Labute approximate surface area is 134 Å². The van der Waals surface area contributed by atoms with Crippen molar-refractivity contribution in [2.45, 2.75) is 51.5 Å². The lowest BCUT2D eigenvalue weighted by atomic mass is 9.96. The van der Waals surface area contributed by atoms with E-state index in [1.165, 1.54) is 37.7 Å². The third-order valence-electron chi connectivity index (χ3n) is 4.27. The highest BCUT2D eigenvalue weighted by atomic mass is 16.5. The molecule has 0 saturated heterocycles. The van der Waals surface area contributed by atoms with E-state index in [0.29, 0.717) is 17.9 Å². The number of ether oxygens (including phenoxy) is 1. The maximum absolute atomic E-state index is 6.01. The Morgan fingerprint density at radius 2 is 1.95 bits per heavy atom. The van der Waals surface area contributed by atoms with Crippen molar-refractivity contribution in [1.29, 1.82) is 0 Å². The van der Waals surface area contributed by atoms with E-state index >= 15 is 0 Å². The van der Waals surface area contributed by atoms with E-state index in [-0.39, 0.29) is 0 Å². The number of guanidine groups is 1. The summed E-state index contributed by atoms with van der Waals surface area (Å²) in [6, 6.07) is 8.76. The predicted octanol–water partition coefficient (Wildman–Crippen LogP) is 3.11. The van der Waals surface area contributed by atoms with E-state index in [0.717, 1.165) is 18.7 Å². The molecule has 0 amide bonds. The lowest BCUT2D eigenvalue weighted by Crippen LogP contribution is -2.41. The van der Waals surface area contributed by atoms with Gasteiger partial charge in [0.25, 0.3) is 0 Å². The Morgan fingerprint density at radius 1 is 1.27 bits per heavy atom. The molecule has 0 bridgehead atoms. The number of nitrogens with two attached hydrogens (primary N) is 1. The van der Waals surface area contributed by atoms with Crippen molar-refractivity contribution < 1.29 is 4.74 Å². The zero-order valence-corrected chi connectivity index (χ0v) is 13.8. The molecule has 0 aliphatic heterocycles. The van der Waals surface area contributed by atoms with Crippen molar-refractivity contribution in [1.82, 2.24) is 5.32 Å². The van der Waals surface area contributed by atoms with Gasteiger partial charge in [0.1, 0.15) is 5.75 Å². The van der Waals surface area contributed by atoms with Crippen molar-refractivity contribution in [2.75, 3.05) is 13.7 Å². The van der Waals surface area contributed by atoms with Crippen LogP contribution in [-0.4, -0.2) is 25.7 Å². The number of rotatable bonds is 6. The molecule has 1 aromatic rings. The maximum Gasteiger partial charge on any atom is 0.188 e. The van der Waals surface area contributed by atoms with Crippen LogP contribution in [0.1, 0.15) is 44.6 Å². The van der Waals surface area contributed by atoms with Gasteiger partial charge in [0, 0.05) is 12.6 Å². The van der Waals surface area contributed by atoms with E-state index in [1.54, 1.807) is 7.11 Å². The van der Waals surface area contributed by atoms with E-state index in [9.17, 15) is 0 Å². The van der Waals surface area contributed by atoms with Crippen LogP contribution in [-0.2, 0) is 6.42 Å². The average Bonchev–Trinajstić information content (AvgIpc) is 2.55. The predicted molar refractivity (Wildman–Crippen MR) is 92.4 cm³/mol. The zero-order valence-electron chi connectivity index (χ0n) is 13.8. The highest BCUT2D eigenvalue weighted by Gasteiger charge is 2.13. The molecule has 1 aromatic carbocycles. The summed E-state index contributed by atoms with van der Waals surface area (Å²) in [5.74, 6) is 1.98. The molecular formula is C18H29N3O. The fourth-order valence-corrected chi connectivity index (χ4v) is 2.98. The van der Waals surface area contributed by atoms with E-state index in [2.05, 4.69) is 29.4 Å². The largest absolute Gasteiger partial charge is 0.497 e. The first kappa shape index (κ1) is 16.7. The molecule has 1 aliphatic carbocycles. The average molecular weight is 303 g/mol. The van der Waals surface area contributed by atoms with Gasteiger partial charge in [-0.15, -0.1) is 0 Å². The minimum atomic E-state index is 0.472. The Bertz CT molecular complexity index is 464. The van der Waals surface area contributed by atoms with Gasteiger partial charge >= 0.3 is 0 Å². The van der Waals surface area contributed by atoms with Crippen LogP contribution in [0.15, 0.2) is 29.3 Å². The Hall–Kier alpha value is -1.71. The maximum atomic E-state index is 6.01. The minimum absolute atomic E-state index is 0.472. The first-order valence-corrected chi connectivity index (χ1v) is 8.36. The van der Waals surface area contributed by atoms with Crippen molar-refractivity contribution in [3.05, 3.63) is 29.8 Å². The number of methoxy groups -OCH3 is 1. The van der Waals surface area contributed by atoms with Gasteiger partial charge in [-0.05, 0) is 42.9 Å². The highest BCUT2D eigenvalue weighted by molar-refractivity contribution is 5.78. The SMILES string of the molecule is COc1ccc(CC(C)CN=C(N)NC2CCCCC2)cc1. The van der Waals surface area contributed by atoms with E-state index in [4.69, 9.17) is 10.5 Å². The van der Waals surface area contributed by atoms with Gasteiger partial charge in [0.05, 0.1) is 7.11 Å². The summed E-state index contributed by atoms with van der Waals surface area (Å²) in [5, 5.41) is 3.36. The summed E-state index contributed by atoms with van der Waals surface area (Å²) in [5.41, 5.74) is 7.31. The molecule has 3 N–H and O–H groups in total. The molecule has 1 unspecified atom stereocenters. The number of hydrogen-bond acceptors (Lipinski definition) is 2. The summed E-state index contributed by atoms with van der Waals surface area (Å²) < 4.78 is 5.18. The number of nitrogens with one attached hydrogen (secondary N) is 1. The van der Waals surface area contributed by atoms with Gasteiger partial charge in [-0.1, -0.05) is 38.3 Å². The quantitative estimate of drug-likeness (QED) is 0.627. The molecule has 4 nitrogen and oxygen atoms in total. The van der Waals surface area contributed by atoms with Crippen molar-refractivity contribution in [2.24, 2.45) is 16.6 Å². The van der Waals surface area contributed by atoms with E-state index in [1.807, 2.05) is 12.1 Å². The standard InChI is InChI=1S/C18H29N3O/c1-14(12-15-8-10-17(22-2)11-9-15)13-20-18(19)21-16-6-4-3-5-7-16/h8-11,14,16H,3-7,12-13H2,1-2H3,(H3,19,20,21). The summed E-state index contributed by atoms with van der Waals surface area (Å²) in [4.78, 5) is 4.51. The normalized spacial score (nSPS) is 18.0. The van der Waals surface area contributed by atoms with Gasteiger partial charge in [-0.2, -0.15) is 0 Å². The molecule has 122 valence electrons. The molecule has 0 radical (unpaired) electrons. The van der Waals surface area contributed by atoms with Crippen LogP contribution in [0.25, 0.3) is 0 Å². The number of benzene rings is 1. The second-order valence-corrected chi connectivity index (χ2v) is 6.36. The van der Waals surface area contributed by atoms with Crippen LogP contribution in [0, 0.1) is 5.92 Å². The molecule has 2 rings (SSSR count). The molecule has 22 heavy (non-hydrogen) atoms. The minimum Gasteiger partial charge on any atom is -0.497 e. The molecule has 1 saturated carbocycles. The fourth-order valence-electron chi connectivity index (χ4n) is 2.98. The van der Waals surface area contributed by atoms with Crippen LogP contribution in [0.5, 0.6) is 5.75 Å². The van der Waals surface area contributed by atoms with E-state index < -0.39 is 0 Å². The van der Waals surface area contributed by atoms with Crippen LogP contribution < -0.4 is 15.8 Å². The monoisotopic (exact) mass is 303 g/mol. The Balaban J connectivity index is 1.75. The molecule has 4 heteroatoms. The fraction of sp³-hybridized carbons (Fsp3) is 0.611. The molecule has 1 fully saturated rings. The van der Waals surface area contributed by atoms with Crippen LogP contribution >= 0.6 is 0 Å². The van der Waals surface area contributed by atoms with Crippen LogP contribution in [0.2, 0.25) is 0 Å². The second-order valence-electron chi connectivity index (χ2n) is 6.36. The van der Waals surface area contributed by atoms with Gasteiger partial charge in [-0.3, -0.25) is 4.99 Å². The second kappa shape index (κ2) is 8.66. The smallest absolute Gasteiger partial charge is 0.188 e. The number of nitrogens with zero attached hydrogens (tertiary/aromatic N) is 1. The zero-order chi connectivity index (χ0) is 15.8. The summed E-state index contributed by atoms with van der Waals surface area (Å²) in [7, 11) is 1.69. The van der Waals surface area contributed by atoms with Gasteiger partial charge in [0.15, 0.2) is 5.96 Å². The van der Waals surface area contributed by atoms with Crippen LogP contribution in [0.3, 0.4) is 0 Å². The molecular weight excluding hydrogens is 274 g/mol. The third kappa shape index (κ3) is 5.58. The third-order valence-corrected chi connectivity index (χ3v) is 4.27. The van der Waals surface area contributed by atoms with Crippen molar-refractivity contribution in [3.8, 4) is 5.75 Å². The molecule has 0 aromatic heterocycles. The Kier molecular flexibility index (Phi) is 6.56.